The zero-order chi connectivity index (χ0) is 24.0. The molecule has 0 aliphatic carbocycles. The molecule has 0 radical (unpaired) electrons. The van der Waals surface area contributed by atoms with E-state index in [-0.39, 0.29) is 11.7 Å². The van der Waals surface area contributed by atoms with Crippen LogP contribution in [-0.2, 0) is 9.73 Å². The lowest BCUT2D eigenvalue weighted by Gasteiger charge is -2.37. The first kappa shape index (κ1) is 21.7. The molecule has 0 spiro atoms. The van der Waals surface area contributed by atoms with Crippen LogP contribution in [0.25, 0.3) is 0 Å². The predicted octanol–water partition coefficient (Wildman–Crippen LogP) is 4.27. The molecule has 3 aliphatic heterocycles. The van der Waals surface area contributed by atoms with Gasteiger partial charge in [-0.2, -0.15) is 4.36 Å². The highest BCUT2D eigenvalue weighted by molar-refractivity contribution is 7.94. The van der Waals surface area contributed by atoms with Gasteiger partial charge in [-0.3, -0.25) is 0 Å². The van der Waals surface area contributed by atoms with E-state index in [1.807, 2.05) is 29.2 Å². The first-order valence-corrected chi connectivity index (χ1v) is 12.7. The second kappa shape index (κ2) is 8.46. The number of fused-ring (bicyclic) bond motifs is 2. The number of ether oxygens (including phenoxy) is 3. The Morgan fingerprint density at radius 3 is 2.31 bits per heavy atom. The van der Waals surface area contributed by atoms with Gasteiger partial charge in [-0.05, 0) is 36.4 Å². The summed E-state index contributed by atoms with van der Waals surface area (Å²) < 4.78 is 50.1. The molecule has 3 aromatic carbocycles. The van der Waals surface area contributed by atoms with Crippen LogP contribution in [0.3, 0.4) is 0 Å². The third-order valence-electron chi connectivity index (χ3n) is 6.32. The molecule has 1 saturated heterocycles. The molecule has 0 N–H and O–H groups in total. The number of halogens is 1. The van der Waals surface area contributed by atoms with Crippen LogP contribution in [0.4, 0.5) is 15.8 Å². The van der Waals surface area contributed by atoms with Crippen molar-refractivity contribution < 1.29 is 22.8 Å². The molecule has 6 rings (SSSR count). The number of aliphatic imine (C=N–C) groups is 1. The first-order valence-electron chi connectivity index (χ1n) is 11.2. The van der Waals surface area contributed by atoms with Crippen LogP contribution in [0.1, 0.15) is 0 Å². The van der Waals surface area contributed by atoms with E-state index in [1.54, 1.807) is 31.4 Å². The van der Waals surface area contributed by atoms with E-state index in [4.69, 9.17) is 19.2 Å². The Kier molecular flexibility index (Phi) is 5.25. The molecule has 1 atom stereocenters. The fourth-order valence-corrected chi connectivity index (χ4v) is 6.51. The lowest BCUT2D eigenvalue weighted by atomic mass is 10.2. The summed E-state index contributed by atoms with van der Waals surface area (Å²) in [6.45, 7) is 2.79. The molecule has 0 bridgehead atoms. The number of anilines is 1. The van der Waals surface area contributed by atoms with Crippen LogP contribution in [-0.4, -0.2) is 55.2 Å². The molecular formula is C25H23FN4O4S. The van der Waals surface area contributed by atoms with Crippen molar-refractivity contribution >= 4 is 27.1 Å². The van der Waals surface area contributed by atoms with Crippen LogP contribution < -0.4 is 19.1 Å². The van der Waals surface area contributed by atoms with Crippen LogP contribution in [0, 0.1) is 5.82 Å². The van der Waals surface area contributed by atoms with Crippen molar-refractivity contribution in [2.24, 2.45) is 9.36 Å². The van der Waals surface area contributed by atoms with E-state index >= 15 is 0 Å². The molecule has 3 aliphatic rings. The minimum absolute atomic E-state index is 0.0318. The summed E-state index contributed by atoms with van der Waals surface area (Å²) in [6, 6.07) is 17.3. The highest BCUT2D eigenvalue weighted by Gasteiger charge is 2.33. The van der Waals surface area contributed by atoms with E-state index in [2.05, 4.69) is 9.26 Å². The minimum Gasteiger partial charge on any atom is -0.497 e. The van der Waals surface area contributed by atoms with E-state index in [0.717, 1.165) is 24.5 Å². The van der Waals surface area contributed by atoms with Crippen molar-refractivity contribution in [1.29, 1.82) is 0 Å². The maximum absolute atomic E-state index is 14.9. The van der Waals surface area contributed by atoms with Gasteiger partial charge in [0, 0.05) is 44.0 Å². The van der Waals surface area contributed by atoms with Gasteiger partial charge in [0.1, 0.15) is 21.3 Å². The van der Waals surface area contributed by atoms with Crippen molar-refractivity contribution in [1.82, 2.24) is 4.90 Å². The molecule has 3 aromatic rings. The fourth-order valence-electron chi connectivity index (χ4n) is 4.44. The minimum atomic E-state index is -3.34. The molecule has 35 heavy (non-hydrogen) atoms. The highest BCUT2D eigenvalue weighted by Crippen LogP contribution is 2.44. The number of benzene rings is 3. The Hall–Kier alpha value is -3.79. The Labute approximate surface area is 202 Å². The lowest BCUT2D eigenvalue weighted by Crippen LogP contribution is -2.48. The average molecular weight is 495 g/mol. The highest BCUT2D eigenvalue weighted by atomic mass is 32.2. The van der Waals surface area contributed by atoms with Gasteiger partial charge in [-0.15, -0.1) is 0 Å². The third-order valence-corrected chi connectivity index (χ3v) is 8.59. The summed E-state index contributed by atoms with van der Waals surface area (Å²) in [5.74, 6) is 1.54. The summed E-state index contributed by atoms with van der Waals surface area (Å²) in [5, 5.41) is 0. The smallest absolute Gasteiger partial charge is 0.235 e. The molecule has 0 amide bonds. The summed E-state index contributed by atoms with van der Waals surface area (Å²) in [6.07, 6.45) is 0. The number of hydrogen-bond donors (Lipinski definition) is 0. The summed E-state index contributed by atoms with van der Waals surface area (Å²) in [7, 11) is -1.69. The normalized spacial score (nSPS) is 20.7. The van der Waals surface area contributed by atoms with Gasteiger partial charge in [-0.25, -0.2) is 13.6 Å². The number of nitrogens with zero attached hydrogens (tertiary/aromatic N) is 4. The van der Waals surface area contributed by atoms with Gasteiger partial charge in [0.15, 0.2) is 11.5 Å². The molecular weight excluding hydrogens is 471 g/mol. The SMILES string of the molecule is COc1ccc(N2CCN(C3=Nc4cc5c(cc4S(=O)(c4ccccc4F)=N3)OCO5)CC2)cc1. The molecule has 180 valence electrons. The number of hydrogen-bond acceptors (Lipinski definition) is 8. The van der Waals surface area contributed by atoms with Crippen LogP contribution in [0.5, 0.6) is 17.2 Å². The van der Waals surface area contributed by atoms with Gasteiger partial charge in [0.2, 0.25) is 12.8 Å². The number of piperazine rings is 1. The molecule has 3 heterocycles. The Morgan fingerprint density at radius 1 is 0.914 bits per heavy atom. The zero-order valence-corrected chi connectivity index (χ0v) is 19.8. The van der Waals surface area contributed by atoms with E-state index in [9.17, 15) is 8.60 Å². The Morgan fingerprint density at radius 2 is 1.60 bits per heavy atom. The summed E-state index contributed by atoms with van der Waals surface area (Å²) in [4.78, 5) is 9.34. The van der Waals surface area contributed by atoms with Gasteiger partial charge in [-0.1, -0.05) is 12.1 Å². The Bertz CT molecular complexity index is 1440. The number of rotatable bonds is 3. The van der Waals surface area contributed by atoms with E-state index in [0.29, 0.717) is 41.1 Å². The van der Waals surface area contributed by atoms with E-state index in [1.165, 1.54) is 12.1 Å². The standard InChI is InChI=1S/C25H23FN4O4S/c1-32-18-8-6-17(7-9-18)29-10-12-30(13-11-29)25-27-20-14-21-22(34-16-33-21)15-24(20)35(31,28-25)23-5-3-2-4-19(23)26/h2-9,14-15H,10-13,16H2,1H3. The monoisotopic (exact) mass is 494 g/mol. The molecule has 1 fully saturated rings. The van der Waals surface area contributed by atoms with Crippen LogP contribution >= 0.6 is 0 Å². The Balaban J connectivity index is 1.36. The molecule has 0 aromatic heterocycles. The van der Waals surface area contributed by atoms with Gasteiger partial charge >= 0.3 is 0 Å². The van der Waals surface area contributed by atoms with Crippen molar-refractivity contribution in [3.63, 3.8) is 0 Å². The average Bonchev–Trinajstić information content (AvgIpc) is 3.35. The van der Waals surface area contributed by atoms with Crippen molar-refractivity contribution in [3.8, 4) is 17.2 Å². The second-order valence-corrected chi connectivity index (χ2v) is 10.4. The maximum atomic E-state index is 14.9. The fraction of sp³-hybridized carbons (Fsp3) is 0.240. The molecule has 0 saturated carbocycles. The molecule has 10 heteroatoms. The number of guanidine groups is 1. The second-order valence-electron chi connectivity index (χ2n) is 8.30. The van der Waals surface area contributed by atoms with Gasteiger partial charge in [0.25, 0.3) is 0 Å². The quantitative estimate of drug-likeness (QED) is 0.541. The largest absolute Gasteiger partial charge is 0.497 e. The first-order chi connectivity index (χ1) is 17.0. The third kappa shape index (κ3) is 3.74. The lowest BCUT2D eigenvalue weighted by molar-refractivity contribution is 0.174. The van der Waals surface area contributed by atoms with Gasteiger partial charge in [0.05, 0.1) is 22.6 Å². The summed E-state index contributed by atoms with van der Waals surface area (Å²) in [5.41, 5.74) is 1.55. The summed E-state index contributed by atoms with van der Waals surface area (Å²) >= 11 is 0. The topological polar surface area (TPSA) is 76.0 Å². The van der Waals surface area contributed by atoms with Crippen molar-refractivity contribution in [2.75, 3.05) is 45.0 Å². The molecule has 1 unspecified atom stereocenters. The van der Waals surface area contributed by atoms with E-state index < -0.39 is 15.5 Å². The maximum Gasteiger partial charge on any atom is 0.235 e. The van der Waals surface area contributed by atoms with Crippen LogP contribution in [0.2, 0.25) is 0 Å². The predicted molar refractivity (Wildman–Crippen MR) is 130 cm³/mol. The zero-order valence-electron chi connectivity index (χ0n) is 19.0. The van der Waals surface area contributed by atoms with Crippen molar-refractivity contribution in [3.05, 3.63) is 66.5 Å². The number of methoxy groups -OCH3 is 1. The van der Waals surface area contributed by atoms with Crippen molar-refractivity contribution in [2.45, 2.75) is 9.79 Å². The van der Waals surface area contributed by atoms with Gasteiger partial charge < -0.3 is 24.0 Å². The molecule has 8 nitrogen and oxygen atoms in total. The van der Waals surface area contributed by atoms with Crippen LogP contribution in [0.15, 0.2) is 79.8 Å².